The first-order valence-electron chi connectivity index (χ1n) is 23.9. The first-order valence-corrected chi connectivity index (χ1v) is 28.4. The molecule has 0 unspecified atom stereocenters. The molecule has 9 rings (SSSR count). The number of carboxylic acid groups (broad SMARTS) is 1. The number of amides is 1. The largest absolute Gasteiger partial charge is 0.480 e. The second kappa shape index (κ2) is 21.4. The Morgan fingerprint density at radius 1 is 0.591 bits per heavy atom. The van der Waals surface area contributed by atoms with Gasteiger partial charge in [-0.3, -0.25) is 14.5 Å². The van der Waals surface area contributed by atoms with Gasteiger partial charge in [-0.05, 0) is 130 Å². The smallest absolute Gasteiger partial charge is 0.323 e. The number of rotatable bonds is 22. The van der Waals surface area contributed by atoms with Crippen LogP contribution in [0.2, 0.25) is 0 Å². The molecule has 4 aromatic carbocycles. The zero-order chi connectivity index (χ0) is 45.7. The van der Waals surface area contributed by atoms with Crippen molar-refractivity contribution in [3.05, 3.63) is 111 Å². The van der Waals surface area contributed by atoms with E-state index in [1.54, 1.807) is 11.3 Å². The summed E-state index contributed by atoms with van der Waals surface area (Å²) >= 11 is 14.2. The molecule has 66 heavy (non-hydrogen) atoms. The Hall–Kier alpha value is -4.16. The van der Waals surface area contributed by atoms with Crippen LogP contribution in [0.1, 0.15) is 119 Å². The van der Waals surface area contributed by atoms with Crippen LogP contribution in [0.4, 0.5) is 0 Å². The number of aryl methyl sites for hydroxylation is 3. The van der Waals surface area contributed by atoms with Crippen molar-refractivity contribution in [3.63, 3.8) is 0 Å². The zero-order valence-electron chi connectivity index (χ0n) is 38.1. The van der Waals surface area contributed by atoms with Crippen molar-refractivity contribution in [2.75, 3.05) is 6.54 Å². The van der Waals surface area contributed by atoms with Crippen LogP contribution in [-0.2, 0) is 28.9 Å². The molecular weight excluding hydrogens is 927 g/mol. The molecular formula is C56H57NO3S6. The van der Waals surface area contributed by atoms with Crippen molar-refractivity contribution in [1.29, 1.82) is 0 Å². The van der Waals surface area contributed by atoms with Gasteiger partial charge >= 0.3 is 5.97 Å². The minimum Gasteiger partial charge on any atom is -0.480 e. The molecule has 1 fully saturated rings. The van der Waals surface area contributed by atoms with E-state index in [-0.39, 0.29) is 10.2 Å². The summed E-state index contributed by atoms with van der Waals surface area (Å²) in [6, 6.07) is 32.5. The van der Waals surface area contributed by atoms with E-state index >= 15 is 0 Å². The van der Waals surface area contributed by atoms with Crippen molar-refractivity contribution in [2.24, 2.45) is 0 Å². The highest BCUT2D eigenvalue weighted by Crippen LogP contribution is 2.51. The molecule has 4 nitrogen and oxygen atoms in total. The summed E-state index contributed by atoms with van der Waals surface area (Å²) in [4.78, 5) is 36.6. The Balaban J connectivity index is 1.11. The molecule has 5 heterocycles. The normalized spacial score (nSPS) is 13.9. The van der Waals surface area contributed by atoms with E-state index in [1.165, 1.54) is 176 Å². The Morgan fingerprint density at radius 2 is 1.12 bits per heavy atom. The number of hydrogen-bond acceptors (Lipinski definition) is 8. The molecule has 340 valence electrons. The molecule has 1 amide bonds. The van der Waals surface area contributed by atoms with Gasteiger partial charge in [0.25, 0.3) is 5.91 Å². The molecule has 0 spiro atoms. The topological polar surface area (TPSA) is 57.6 Å². The third-order valence-electron chi connectivity index (χ3n) is 12.9. The number of carbonyl (C=O) groups is 2. The Morgan fingerprint density at radius 3 is 1.74 bits per heavy atom. The molecule has 1 aliphatic heterocycles. The highest BCUT2D eigenvalue weighted by Gasteiger charge is 2.33. The van der Waals surface area contributed by atoms with Gasteiger partial charge in [-0.1, -0.05) is 157 Å². The van der Waals surface area contributed by atoms with E-state index in [1.807, 2.05) is 40.1 Å². The average Bonchev–Trinajstić information content (AvgIpc) is 4.17. The number of thiophene rings is 4. The van der Waals surface area contributed by atoms with Gasteiger partial charge in [0.15, 0.2) is 0 Å². The average molecular weight is 984 g/mol. The van der Waals surface area contributed by atoms with Gasteiger partial charge in [-0.25, -0.2) is 0 Å². The minimum atomic E-state index is -1.07. The lowest BCUT2D eigenvalue weighted by Crippen LogP contribution is -2.33. The number of carbonyl (C=O) groups excluding carboxylic acids is 1. The third-order valence-corrected chi connectivity index (χ3v) is 19.4. The van der Waals surface area contributed by atoms with Gasteiger partial charge in [0, 0.05) is 39.0 Å². The summed E-state index contributed by atoms with van der Waals surface area (Å²) in [6.07, 6.45) is 19.8. The van der Waals surface area contributed by atoms with Crippen LogP contribution in [-0.4, -0.2) is 32.7 Å². The lowest BCUT2D eigenvalue weighted by atomic mass is 9.90. The fourth-order valence-electron chi connectivity index (χ4n) is 9.46. The highest BCUT2D eigenvalue weighted by atomic mass is 32.2. The van der Waals surface area contributed by atoms with Crippen LogP contribution in [0.3, 0.4) is 0 Å². The lowest BCUT2D eigenvalue weighted by Gasteiger charge is -2.14. The number of thioether (sulfide) groups is 1. The SMILES string of the molecule is CCCCCCc1cc(-c2cc(CCCCCC)c(-c3ccc4ccc5cccc6ccc3c4c56)s2)sc1-c1cc(CCCCCC)c(-c2ccc(/C=C3\SC(=S)N(CC(=O)O)C3=O)s2)s1. The number of unbranched alkanes of at least 4 members (excludes halogenated alkanes) is 9. The van der Waals surface area contributed by atoms with E-state index in [9.17, 15) is 14.7 Å². The van der Waals surface area contributed by atoms with Crippen LogP contribution in [0.15, 0.2) is 89.8 Å². The molecule has 10 heteroatoms. The zero-order valence-corrected chi connectivity index (χ0v) is 43.0. The quantitative estimate of drug-likeness (QED) is 0.0317. The number of benzene rings is 4. The Labute approximate surface area is 415 Å². The number of carboxylic acids is 1. The van der Waals surface area contributed by atoms with Gasteiger partial charge in [-0.2, -0.15) is 0 Å². The Kier molecular flexibility index (Phi) is 15.2. The second-order valence-corrected chi connectivity index (χ2v) is 23.6. The van der Waals surface area contributed by atoms with Crippen molar-refractivity contribution in [3.8, 4) is 39.7 Å². The second-order valence-electron chi connectivity index (χ2n) is 17.7. The number of aliphatic carboxylic acids is 1. The maximum atomic E-state index is 13.1. The van der Waals surface area contributed by atoms with Gasteiger partial charge in [0.2, 0.25) is 0 Å². The van der Waals surface area contributed by atoms with Gasteiger partial charge in [0.05, 0.1) is 4.91 Å². The fraction of sp³-hybridized carbons (Fsp3) is 0.339. The monoisotopic (exact) mass is 983 g/mol. The summed E-state index contributed by atoms with van der Waals surface area (Å²) in [6.45, 7) is 6.44. The van der Waals surface area contributed by atoms with E-state index in [2.05, 4.69) is 106 Å². The summed E-state index contributed by atoms with van der Waals surface area (Å²) in [5, 5.41) is 17.4. The van der Waals surface area contributed by atoms with Crippen LogP contribution < -0.4 is 0 Å². The summed E-state index contributed by atoms with van der Waals surface area (Å²) in [5.74, 6) is -1.41. The molecule has 0 radical (unpaired) electrons. The van der Waals surface area contributed by atoms with Gasteiger partial charge < -0.3 is 5.11 Å². The fourth-order valence-corrected chi connectivity index (χ4v) is 15.8. The number of nitrogens with zero attached hydrogens (tertiary/aromatic N) is 1. The third kappa shape index (κ3) is 10.0. The molecule has 1 aliphatic rings. The van der Waals surface area contributed by atoms with Crippen molar-refractivity contribution < 1.29 is 14.7 Å². The van der Waals surface area contributed by atoms with Gasteiger partial charge in [0.1, 0.15) is 10.9 Å². The molecule has 8 aromatic rings. The van der Waals surface area contributed by atoms with Crippen molar-refractivity contribution in [2.45, 2.75) is 117 Å². The Bertz CT molecular complexity index is 3030. The number of thiocarbonyl (C=S) groups is 1. The molecule has 4 aromatic heterocycles. The van der Waals surface area contributed by atoms with E-state index in [0.29, 0.717) is 4.91 Å². The molecule has 0 bridgehead atoms. The molecule has 0 atom stereocenters. The highest BCUT2D eigenvalue weighted by molar-refractivity contribution is 8.26. The van der Waals surface area contributed by atoms with Gasteiger partial charge in [-0.15, -0.1) is 45.3 Å². The number of hydrogen-bond donors (Lipinski definition) is 1. The van der Waals surface area contributed by atoms with Crippen LogP contribution in [0.5, 0.6) is 0 Å². The van der Waals surface area contributed by atoms with Crippen LogP contribution in [0, 0.1) is 0 Å². The van der Waals surface area contributed by atoms with E-state index in [4.69, 9.17) is 12.2 Å². The predicted molar refractivity (Wildman–Crippen MR) is 294 cm³/mol. The summed E-state index contributed by atoms with van der Waals surface area (Å²) in [5.41, 5.74) is 5.71. The molecule has 0 aliphatic carbocycles. The van der Waals surface area contributed by atoms with Crippen molar-refractivity contribution >= 4 is 124 Å². The molecule has 1 N–H and O–H groups in total. The van der Waals surface area contributed by atoms with Crippen LogP contribution >= 0.6 is 69.3 Å². The molecule has 0 saturated carbocycles. The summed E-state index contributed by atoms with van der Waals surface area (Å²) in [7, 11) is 0. The maximum absolute atomic E-state index is 13.1. The lowest BCUT2D eigenvalue weighted by molar-refractivity contribution is -0.140. The summed E-state index contributed by atoms with van der Waals surface area (Å²) < 4.78 is 0.290. The standard InChI is InChI=1S/C56H57NO3S6/c1-4-7-10-13-17-38-30-45(63-52(38)43-28-25-37-23-22-35-20-16-21-36-24-27-42(43)51(37)50(35)36)46-31-39(18-14-11-8-5-2)54(64-46)47-32-40(19-15-12-9-6-3)53(65-47)44-29-26-41(62-44)33-48-55(60)57(34-49(58)59)56(61)66-48/h16,20-33H,4-15,17-19,34H2,1-3H3,(H,58,59)/b48-33-. The van der Waals surface area contributed by atoms with E-state index < -0.39 is 12.5 Å². The van der Waals surface area contributed by atoms with E-state index in [0.717, 1.165) is 30.6 Å². The van der Waals surface area contributed by atoms with Crippen molar-refractivity contribution in [1.82, 2.24) is 4.90 Å². The maximum Gasteiger partial charge on any atom is 0.323 e. The molecule has 1 saturated heterocycles. The minimum absolute atomic E-state index is 0.290. The first kappa shape index (κ1) is 46.9. The predicted octanol–water partition coefficient (Wildman–Crippen LogP) is 18.2. The van der Waals surface area contributed by atoms with Crippen LogP contribution in [0.25, 0.3) is 78.1 Å². The first-order chi connectivity index (χ1) is 32.2.